The first-order chi connectivity index (χ1) is 14.8. The van der Waals surface area contributed by atoms with Gasteiger partial charge >= 0.3 is 0 Å². The van der Waals surface area contributed by atoms with E-state index >= 15 is 0 Å². The van der Waals surface area contributed by atoms with Crippen molar-refractivity contribution < 1.29 is 4.79 Å². The number of nitrogens with zero attached hydrogens (tertiary/aromatic N) is 1. The minimum Gasteiger partial charge on any atom is -0.350 e. The molecule has 1 aromatic heterocycles. The predicted molar refractivity (Wildman–Crippen MR) is 124 cm³/mol. The van der Waals surface area contributed by atoms with Crippen LogP contribution in [-0.2, 0) is 13.0 Å². The van der Waals surface area contributed by atoms with E-state index in [4.69, 9.17) is 0 Å². The highest BCUT2D eigenvalue weighted by Crippen LogP contribution is 2.29. The zero-order chi connectivity index (χ0) is 20.3. The van der Waals surface area contributed by atoms with Gasteiger partial charge in [0.25, 0.3) is 5.91 Å². The second-order valence-electron chi connectivity index (χ2n) is 7.83. The number of amides is 1. The average Bonchev–Trinajstić information content (AvgIpc) is 3.33. The van der Waals surface area contributed by atoms with Crippen LogP contribution >= 0.6 is 11.3 Å². The van der Waals surface area contributed by atoms with Gasteiger partial charge in [-0.15, -0.1) is 0 Å². The number of carbonyl (C=O) groups is 1. The normalized spacial score (nSPS) is 14.9. The molecule has 0 bridgehead atoms. The van der Waals surface area contributed by atoms with E-state index in [0.717, 1.165) is 30.3 Å². The zero-order valence-corrected chi connectivity index (χ0v) is 17.6. The van der Waals surface area contributed by atoms with Crippen LogP contribution in [0.15, 0.2) is 83.6 Å². The fourth-order valence-corrected chi connectivity index (χ4v) is 5.04. The van der Waals surface area contributed by atoms with Crippen LogP contribution in [-0.4, -0.2) is 23.9 Å². The summed E-state index contributed by atoms with van der Waals surface area (Å²) in [6, 6.07) is 25.1. The molecule has 1 amide bonds. The number of carbonyl (C=O) groups excluding carboxylic acids is 1. The van der Waals surface area contributed by atoms with E-state index in [1.54, 1.807) is 11.3 Å². The Balaban J connectivity index is 1.34. The summed E-state index contributed by atoms with van der Waals surface area (Å²) in [5, 5.41) is 9.76. The van der Waals surface area contributed by atoms with Crippen molar-refractivity contribution in [1.82, 2.24) is 10.2 Å². The van der Waals surface area contributed by atoms with Gasteiger partial charge in [-0.1, -0.05) is 54.6 Å². The minimum atomic E-state index is -0.0154. The summed E-state index contributed by atoms with van der Waals surface area (Å²) < 4.78 is 0. The van der Waals surface area contributed by atoms with Crippen LogP contribution in [0.1, 0.15) is 33.1 Å². The maximum absolute atomic E-state index is 12.9. The molecule has 1 N–H and O–H groups in total. The first-order valence-electron chi connectivity index (χ1n) is 10.4. The standard InChI is InChI=1S/C26H24N2OS/c29-26(22-10-9-19-5-1-3-7-21(19)15-22)27-16-25(24-12-14-30-18-24)28-13-11-20-6-2-4-8-23(20)17-28/h1-10,12,14-15,18,25H,11,13,16-17H2,(H,27,29)/t25-/m0/s1. The maximum Gasteiger partial charge on any atom is 0.251 e. The molecule has 0 spiro atoms. The minimum absolute atomic E-state index is 0.0154. The lowest BCUT2D eigenvalue weighted by atomic mass is 9.97. The highest BCUT2D eigenvalue weighted by Gasteiger charge is 2.25. The van der Waals surface area contributed by atoms with Gasteiger partial charge in [-0.25, -0.2) is 0 Å². The molecular formula is C26H24N2OS. The van der Waals surface area contributed by atoms with E-state index in [0.29, 0.717) is 12.1 Å². The highest BCUT2D eigenvalue weighted by molar-refractivity contribution is 7.08. The quantitative estimate of drug-likeness (QED) is 0.474. The maximum atomic E-state index is 12.9. The molecular weight excluding hydrogens is 388 g/mol. The summed E-state index contributed by atoms with van der Waals surface area (Å²) in [5.74, 6) is -0.0154. The summed E-state index contributed by atoms with van der Waals surface area (Å²) in [5.41, 5.74) is 4.82. The van der Waals surface area contributed by atoms with Gasteiger partial charge in [0.05, 0.1) is 6.04 Å². The molecule has 0 radical (unpaired) electrons. The number of hydrogen-bond donors (Lipinski definition) is 1. The molecule has 0 saturated heterocycles. The molecule has 0 saturated carbocycles. The molecule has 0 fully saturated rings. The number of fused-ring (bicyclic) bond motifs is 2. The first kappa shape index (κ1) is 19.0. The third-order valence-electron chi connectivity index (χ3n) is 6.00. The van der Waals surface area contributed by atoms with Gasteiger partial charge in [0.15, 0.2) is 0 Å². The fraction of sp³-hybridized carbons (Fsp3) is 0.192. The van der Waals surface area contributed by atoms with Crippen LogP contribution in [0, 0.1) is 0 Å². The van der Waals surface area contributed by atoms with Crippen LogP contribution in [0.3, 0.4) is 0 Å². The van der Waals surface area contributed by atoms with E-state index in [2.05, 4.69) is 57.4 Å². The number of thiophene rings is 1. The van der Waals surface area contributed by atoms with Crippen molar-refractivity contribution in [1.29, 1.82) is 0 Å². The van der Waals surface area contributed by atoms with Crippen molar-refractivity contribution in [3.05, 3.63) is 106 Å². The number of nitrogens with one attached hydrogen (secondary N) is 1. The van der Waals surface area contributed by atoms with E-state index in [-0.39, 0.29) is 11.9 Å². The van der Waals surface area contributed by atoms with E-state index in [9.17, 15) is 4.79 Å². The molecule has 30 heavy (non-hydrogen) atoms. The van der Waals surface area contributed by atoms with Crippen molar-refractivity contribution >= 4 is 28.0 Å². The van der Waals surface area contributed by atoms with Gasteiger partial charge < -0.3 is 5.32 Å². The van der Waals surface area contributed by atoms with Gasteiger partial charge in [-0.2, -0.15) is 11.3 Å². The second-order valence-corrected chi connectivity index (χ2v) is 8.61. The molecule has 1 aliphatic heterocycles. The van der Waals surface area contributed by atoms with Crippen molar-refractivity contribution in [3.63, 3.8) is 0 Å². The lowest BCUT2D eigenvalue weighted by molar-refractivity contribution is 0.0928. The Kier molecular flexibility index (Phi) is 5.35. The molecule has 0 aliphatic carbocycles. The Bertz CT molecular complexity index is 1170. The van der Waals surface area contributed by atoms with Gasteiger partial charge in [-0.3, -0.25) is 9.69 Å². The van der Waals surface area contributed by atoms with Gasteiger partial charge in [0.1, 0.15) is 0 Å². The Labute approximate surface area is 181 Å². The molecule has 1 atom stereocenters. The summed E-state index contributed by atoms with van der Waals surface area (Å²) in [6.45, 7) is 2.52. The second kappa shape index (κ2) is 8.42. The van der Waals surface area contributed by atoms with Crippen molar-refractivity contribution in [2.75, 3.05) is 13.1 Å². The summed E-state index contributed by atoms with van der Waals surface area (Å²) in [6.07, 6.45) is 1.05. The molecule has 2 heterocycles. The third kappa shape index (κ3) is 3.89. The van der Waals surface area contributed by atoms with Gasteiger partial charge in [-0.05, 0) is 62.8 Å². The summed E-state index contributed by atoms with van der Waals surface area (Å²) >= 11 is 1.71. The molecule has 1 aliphatic rings. The molecule has 3 nitrogen and oxygen atoms in total. The molecule has 150 valence electrons. The van der Waals surface area contributed by atoms with Crippen LogP contribution in [0.5, 0.6) is 0 Å². The van der Waals surface area contributed by atoms with Crippen LogP contribution in [0.4, 0.5) is 0 Å². The Morgan fingerprint density at radius 2 is 1.77 bits per heavy atom. The molecule has 3 aromatic carbocycles. The highest BCUT2D eigenvalue weighted by atomic mass is 32.1. The van der Waals surface area contributed by atoms with Crippen LogP contribution < -0.4 is 5.32 Å². The topological polar surface area (TPSA) is 32.3 Å². The monoisotopic (exact) mass is 412 g/mol. The van der Waals surface area contributed by atoms with E-state index < -0.39 is 0 Å². The molecule has 4 heteroatoms. The van der Waals surface area contributed by atoms with E-state index in [1.807, 2.05) is 36.4 Å². The van der Waals surface area contributed by atoms with Gasteiger partial charge in [0, 0.05) is 25.2 Å². The first-order valence-corrected chi connectivity index (χ1v) is 11.3. The smallest absolute Gasteiger partial charge is 0.251 e. The van der Waals surface area contributed by atoms with Crippen LogP contribution in [0.2, 0.25) is 0 Å². The lowest BCUT2D eigenvalue weighted by Crippen LogP contribution is -2.40. The number of hydrogen-bond acceptors (Lipinski definition) is 3. The molecule has 0 unspecified atom stereocenters. The van der Waals surface area contributed by atoms with Crippen molar-refractivity contribution in [2.24, 2.45) is 0 Å². The third-order valence-corrected chi connectivity index (χ3v) is 6.70. The van der Waals surface area contributed by atoms with Crippen molar-refractivity contribution in [3.8, 4) is 0 Å². The Morgan fingerprint density at radius 3 is 2.60 bits per heavy atom. The SMILES string of the molecule is O=C(NC[C@@H](c1ccsc1)N1CCc2ccccc2C1)c1ccc2ccccc2c1. The lowest BCUT2D eigenvalue weighted by Gasteiger charge is -2.35. The molecule has 4 aromatic rings. The van der Waals surface area contributed by atoms with Crippen LogP contribution in [0.25, 0.3) is 10.8 Å². The zero-order valence-electron chi connectivity index (χ0n) is 16.8. The Morgan fingerprint density at radius 1 is 0.967 bits per heavy atom. The van der Waals surface area contributed by atoms with E-state index in [1.165, 1.54) is 16.7 Å². The van der Waals surface area contributed by atoms with Crippen molar-refractivity contribution in [2.45, 2.75) is 19.0 Å². The average molecular weight is 413 g/mol. The summed E-state index contributed by atoms with van der Waals surface area (Å²) in [4.78, 5) is 15.4. The summed E-state index contributed by atoms with van der Waals surface area (Å²) in [7, 11) is 0. The fourth-order valence-electron chi connectivity index (χ4n) is 4.33. The number of benzene rings is 3. The Hall–Kier alpha value is -2.95. The van der Waals surface area contributed by atoms with Gasteiger partial charge in [0.2, 0.25) is 0 Å². The largest absolute Gasteiger partial charge is 0.350 e. The predicted octanol–water partition coefficient (Wildman–Crippen LogP) is 5.43. The number of rotatable bonds is 5. The molecule has 5 rings (SSSR count).